The van der Waals surface area contributed by atoms with Crippen LogP contribution in [0.5, 0.6) is 23.0 Å². The van der Waals surface area contributed by atoms with E-state index in [9.17, 15) is 5.11 Å². The molecule has 0 bridgehead atoms. The number of ether oxygens (including phenoxy) is 3. The maximum atomic E-state index is 15.1. The second-order valence-electron chi connectivity index (χ2n) is 7.54. The fourth-order valence-corrected chi connectivity index (χ4v) is 3.86. The molecular formula is C23H21FN2O4. The number of hydrogen-bond donors (Lipinski definition) is 2. The number of aryl methyl sites for hydroxylation is 1. The second-order valence-corrected chi connectivity index (χ2v) is 7.54. The minimum atomic E-state index is -0.602. The van der Waals surface area contributed by atoms with Gasteiger partial charge in [0.05, 0.1) is 23.6 Å². The highest BCUT2D eigenvalue weighted by molar-refractivity contribution is 5.93. The molecule has 30 heavy (non-hydrogen) atoms. The van der Waals surface area contributed by atoms with Gasteiger partial charge in [0.25, 0.3) is 0 Å². The first-order chi connectivity index (χ1) is 14.5. The van der Waals surface area contributed by atoms with E-state index in [4.69, 9.17) is 14.2 Å². The van der Waals surface area contributed by atoms with Gasteiger partial charge < -0.3 is 24.3 Å². The normalized spacial score (nSPS) is 14.0. The van der Waals surface area contributed by atoms with Crippen LogP contribution in [-0.4, -0.2) is 34.4 Å². The zero-order chi connectivity index (χ0) is 20.8. The van der Waals surface area contributed by atoms with Crippen molar-refractivity contribution in [1.29, 1.82) is 0 Å². The first-order valence-corrected chi connectivity index (χ1v) is 9.85. The van der Waals surface area contributed by atoms with Crippen molar-refractivity contribution in [2.24, 2.45) is 0 Å². The van der Waals surface area contributed by atoms with E-state index in [0.717, 1.165) is 22.2 Å². The molecule has 3 heterocycles. The predicted octanol–water partition coefficient (Wildman–Crippen LogP) is 4.65. The number of H-pyrrole nitrogens is 1. The van der Waals surface area contributed by atoms with Crippen molar-refractivity contribution >= 4 is 21.8 Å². The molecule has 0 saturated heterocycles. The largest absolute Gasteiger partial charge is 0.489 e. The highest BCUT2D eigenvalue weighted by Gasteiger charge is 2.25. The smallest absolute Gasteiger partial charge is 0.175 e. The number of aliphatic hydroxyl groups is 1. The topological polar surface area (TPSA) is 76.6 Å². The van der Waals surface area contributed by atoms with Crippen LogP contribution in [0.25, 0.3) is 21.8 Å². The van der Waals surface area contributed by atoms with Crippen LogP contribution in [0.15, 0.2) is 36.5 Å². The average molecular weight is 408 g/mol. The van der Waals surface area contributed by atoms with Crippen LogP contribution >= 0.6 is 0 Å². The van der Waals surface area contributed by atoms with Crippen molar-refractivity contribution in [3.05, 3.63) is 53.6 Å². The van der Waals surface area contributed by atoms with Gasteiger partial charge in [0.15, 0.2) is 23.1 Å². The van der Waals surface area contributed by atoms with Gasteiger partial charge in [0.2, 0.25) is 0 Å². The van der Waals surface area contributed by atoms with Crippen molar-refractivity contribution in [3.8, 4) is 23.0 Å². The molecule has 0 spiro atoms. The summed E-state index contributed by atoms with van der Waals surface area (Å²) in [4.78, 5) is 7.57. The molecular weight excluding hydrogens is 387 g/mol. The van der Waals surface area contributed by atoms with Crippen LogP contribution < -0.4 is 14.2 Å². The number of nitrogens with one attached hydrogen (secondary N) is 1. The number of benzene rings is 2. The summed E-state index contributed by atoms with van der Waals surface area (Å²) < 4.78 is 32.6. The Morgan fingerprint density at radius 2 is 2.10 bits per heavy atom. The molecule has 2 aromatic carbocycles. The molecule has 2 N–H and O–H groups in total. The second kappa shape index (κ2) is 7.18. The third-order valence-electron chi connectivity index (χ3n) is 5.14. The molecule has 5 rings (SSSR count). The fourth-order valence-electron chi connectivity index (χ4n) is 3.86. The summed E-state index contributed by atoms with van der Waals surface area (Å²) in [7, 11) is 0. The molecule has 4 aromatic rings. The Hall–Kier alpha value is -3.32. The summed E-state index contributed by atoms with van der Waals surface area (Å²) in [5, 5.41) is 10.8. The van der Waals surface area contributed by atoms with Crippen molar-refractivity contribution in [2.45, 2.75) is 26.4 Å². The predicted molar refractivity (Wildman–Crippen MR) is 111 cm³/mol. The van der Waals surface area contributed by atoms with E-state index in [1.807, 2.05) is 6.92 Å². The fraction of sp³-hybridized carbons (Fsp3) is 0.261. The molecule has 0 fully saturated rings. The van der Waals surface area contributed by atoms with E-state index >= 15 is 4.39 Å². The van der Waals surface area contributed by atoms with E-state index in [1.165, 1.54) is 0 Å². The van der Waals surface area contributed by atoms with Crippen LogP contribution in [0.4, 0.5) is 4.39 Å². The Morgan fingerprint density at radius 3 is 2.93 bits per heavy atom. The van der Waals surface area contributed by atoms with Gasteiger partial charge in [-0.15, -0.1) is 0 Å². The number of hydrogen-bond acceptors (Lipinski definition) is 5. The van der Waals surface area contributed by atoms with Gasteiger partial charge in [-0.3, -0.25) is 4.98 Å². The van der Waals surface area contributed by atoms with Gasteiger partial charge in [-0.2, -0.15) is 0 Å². The summed E-state index contributed by atoms with van der Waals surface area (Å²) in [5.41, 5.74) is 3.19. The van der Waals surface area contributed by atoms with Crippen LogP contribution in [-0.2, 0) is 6.42 Å². The molecule has 7 heteroatoms. The van der Waals surface area contributed by atoms with Crippen LogP contribution in [0, 0.1) is 12.7 Å². The molecule has 6 nitrogen and oxygen atoms in total. The number of aromatic amines is 1. The van der Waals surface area contributed by atoms with E-state index in [2.05, 4.69) is 9.97 Å². The monoisotopic (exact) mass is 408 g/mol. The molecule has 0 radical (unpaired) electrons. The first-order valence-electron chi connectivity index (χ1n) is 9.85. The van der Waals surface area contributed by atoms with Gasteiger partial charge in [-0.25, -0.2) is 4.39 Å². The Morgan fingerprint density at radius 1 is 1.23 bits per heavy atom. The zero-order valence-electron chi connectivity index (χ0n) is 16.7. The summed E-state index contributed by atoms with van der Waals surface area (Å²) in [6.07, 6.45) is 1.68. The summed E-state index contributed by atoms with van der Waals surface area (Å²) in [6, 6.07) is 8.68. The standard InChI is InChI=1S/C23H21FN2O4/c1-12-9-15-16(26-12)3-4-19(22(15)24)30-18-5-7-25-17-10-20(29-11-13(2)27)23-14(21(17)18)6-8-28-23/h3-5,7,9-10,13,26-27H,6,8,11H2,1-2H3. The average Bonchev–Trinajstić information content (AvgIpc) is 3.35. The maximum Gasteiger partial charge on any atom is 0.175 e. The molecule has 0 amide bonds. The van der Waals surface area contributed by atoms with Crippen LogP contribution in [0.1, 0.15) is 18.2 Å². The van der Waals surface area contributed by atoms with E-state index in [0.29, 0.717) is 41.2 Å². The van der Waals surface area contributed by atoms with Crippen molar-refractivity contribution in [2.75, 3.05) is 13.2 Å². The highest BCUT2D eigenvalue weighted by atomic mass is 19.1. The summed E-state index contributed by atoms with van der Waals surface area (Å²) >= 11 is 0. The highest BCUT2D eigenvalue weighted by Crippen LogP contribution is 2.45. The molecule has 0 saturated carbocycles. The van der Waals surface area contributed by atoms with Gasteiger partial charge in [-0.05, 0) is 38.1 Å². The maximum absolute atomic E-state index is 15.1. The summed E-state index contributed by atoms with van der Waals surface area (Å²) in [6.45, 7) is 4.20. The minimum absolute atomic E-state index is 0.149. The quantitative estimate of drug-likeness (QED) is 0.503. The lowest BCUT2D eigenvalue weighted by Crippen LogP contribution is -2.13. The van der Waals surface area contributed by atoms with Gasteiger partial charge in [0.1, 0.15) is 12.4 Å². The van der Waals surface area contributed by atoms with Crippen molar-refractivity contribution in [1.82, 2.24) is 9.97 Å². The van der Waals surface area contributed by atoms with Gasteiger partial charge in [0, 0.05) is 40.8 Å². The molecule has 1 unspecified atom stereocenters. The Labute approximate surface area is 172 Å². The molecule has 1 aliphatic rings. The number of halogens is 1. The molecule has 2 aromatic heterocycles. The lowest BCUT2D eigenvalue weighted by molar-refractivity contribution is 0.120. The van der Waals surface area contributed by atoms with Crippen molar-refractivity contribution < 1.29 is 23.7 Å². The lowest BCUT2D eigenvalue weighted by atomic mass is 10.0. The number of rotatable bonds is 5. The van der Waals surface area contributed by atoms with Gasteiger partial charge >= 0.3 is 0 Å². The molecule has 154 valence electrons. The number of nitrogens with zero attached hydrogens (tertiary/aromatic N) is 1. The van der Waals surface area contributed by atoms with Gasteiger partial charge in [-0.1, -0.05) is 0 Å². The third-order valence-corrected chi connectivity index (χ3v) is 5.14. The zero-order valence-corrected chi connectivity index (χ0v) is 16.7. The first kappa shape index (κ1) is 18.7. The lowest BCUT2D eigenvalue weighted by Gasteiger charge is -2.15. The number of pyridine rings is 1. The van der Waals surface area contributed by atoms with E-state index in [-0.39, 0.29) is 12.4 Å². The Balaban J connectivity index is 1.61. The Kier molecular flexibility index (Phi) is 4.47. The number of aromatic nitrogens is 2. The minimum Gasteiger partial charge on any atom is -0.489 e. The molecule has 1 aliphatic heterocycles. The summed E-state index contributed by atoms with van der Waals surface area (Å²) in [5.74, 6) is 1.41. The van der Waals surface area contributed by atoms with E-state index < -0.39 is 11.9 Å². The molecule has 0 aliphatic carbocycles. The third kappa shape index (κ3) is 3.11. The molecule has 1 atom stereocenters. The van der Waals surface area contributed by atoms with E-state index in [1.54, 1.807) is 43.5 Å². The van der Waals surface area contributed by atoms with Crippen LogP contribution in [0.2, 0.25) is 0 Å². The van der Waals surface area contributed by atoms with Crippen molar-refractivity contribution in [3.63, 3.8) is 0 Å². The number of fused-ring (bicyclic) bond motifs is 4. The SMILES string of the molecule is Cc1cc2c(F)c(Oc3ccnc4cc(OCC(C)O)c5c(c34)CCO5)ccc2[nH]1. The Bertz CT molecular complexity index is 1270. The number of aliphatic hydroxyl groups excluding tert-OH is 1. The van der Waals surface area contributed by atoms with Crippen LogP contribution in [0.3, 0.4) is 0 Å².